The van der Waals surface area contributed by atoms with Gasteiger partial charge in [0.1, 0.15) is 0 Å². The average molecular weight is 294 g/mol. The molecule has 122 valence electrons. The summed E-state index contributed by atoms with van der Waals surface area (Å²) in [6.45, 7) is 11.1. The highest BCUT2D eigenvalue weighted by molar-refractivity contribution is 5.10. The highest BCUT2D eigenvalue weighted by Gasteiger charge is 2.41. The van der Waals surface area contributed by atoms with Crippen LogP contribution in [0.4, 0.5) is 0 Å². The zero-order chi connectivity index (χ0) is 15.7. The van der Waals surface area contributed by atoms with Gasteiger partial charge in [-0.3, -0.25) is 0 Å². The molecule has 8 unspecified atom stereocenters. The van der Waals surface area contributed by atoms with Crippen LogP contribution >= 0.6 is 0 Å². The van der Waals surface area contributed by atoms with Crippen molar-refractivity contribution in [1.82, 2.24) is 0 Å². The van der Waals surface area contributed by atoms with Crippen molar-refractivity contribution in [1.29, 1.82) is 0 Å². The minimum atomic E-state index is -0.583. The predicted molar refractivity (Wildman–Crippen MR) is 87.9 cm³/mol. The second-order valence-corrected chi connectivity index (χ2v) is 8.17. The molecule has 2 nitrogen and oxygen atoms in total. The van der Waals surface area contributed by atoms with Crippen LogP contribution < -0.4 is 0 Å². The van der Waals surface area contributed by atoms with Gasteiger partial charge in [0.15, 0.2) is 0 Å². The van der Waals surface area contributed by atoms with Gasteiger partial charge in [0, 0.05) is 0 Å². The molecule has 21 heavy (non-hydrogen) atoms. The van der Waals surface area contributed by atoms with E-state index in [1.807, 2.05) is 0 Å². The fourth-order valence-electron chi connectivity index (χ4n) is 5.11. The molecular weight excluding hydrogens is 260 g/mol. The Hall–Kier alpha value is -0.340. The third kappa shape index (κ3) is 3.71. The Balaban J connectivity index is 2.06. The molecule has 0 spiro atoms. The van der Waals surface area contributed by atoms with E-state index in [9.17, 15) is 10.2 Å². The number of rotatable bonds is 3. The lowest BCUT2D eigenvalue weighted by atomic mass is 9.66. The van der Waals surface area contributed by atoms with Gasteiger partial charge in [-0.1, -0.05) is 45.8 Å². The first-order chi connectivity index (χ1) is 9.81. The third-order valence-electron chi connectivity index (χ3n) is 6.14. The Morgan fingerprint density at radius 2 is 1.67 bits per heavy atom. The number of aliphatic hydroxyl groups is 2. The summed E-state index contributed by atoms with van der Waals surface area (Å²) in [4.78, 5) is 0. The molecule has 0 radical (unpaired) electrons. The molecule has 0 aromatic rings. The number of aliphatic hydroxyl groups excluding tert-OH is 2. The minimum absolute atomic E-state index is 0.190. The van der Waals surface area contributed by atoms with E-state index in [1.54, 1.807) is 0 Å². The average Bonchev–Trinajstić information content (AvgIpc) is 2.36. The molecule has 2 N–H and O–H groups in total. The highest BCUT2D eigenvalue weighted by Crippen LogP contribution is 2.41. The lowest BCUT2D eigenvalue weighted by Crippen LogP contribution is -2.47. The summed E-state index contributed by atoms with van der Waals surface area (Å²) in [6, 6.07) is 0. The van der Waals surface area contributed by atoms with Crippen LogP contribution in [0.3, 0.4) is 0 Å². The van der Waals surface area contributed by atoms with Gasteiger partial charge >= 0.3 is 0 Å². The third-order valence-corrected chi connectivity index (χ3v) is 6.14. The van der Waals surface area contributed by atoms with E-state index in [2.05, 4.69) is 40.7 Å². The molecule has 0 aromatic heterocycles. The smallest absolute Gasteiger partial charge is 0.0838 e. The number of hydrogen-bond acceptors (Lipinski definition) is 2. The largest absolute Gasteiger partial charge is 0.390 e. The van der Waals surface area contributed by atoms with Crippen LogP contribution in [-0.2, 0) is 0 Å². The van der Waals surface area contributed by atoms with Crippen molar-refractivity contribution in [3.8, 4) is 0 Å². The fourth-order valence-corrected chi connectivity index (χ4v) is 5.11. The van der Waals surface area contributed by atoms with E-state index in [0.717, 1.165) is 18.8 Å². The maximum absolute atomic E-state index is 10.8. The molecule has 0 heterocycles. The van der Waals surface area contributed by atoms with Crippen molar-refractivity contribution in [2.45, 2.75) is 72.5 Å². The molecule has 0 aliphatic heterocycles. The SMILES string of the molecule is CC1=CC(C)C(C(O)C(O)C2CCC(C)CC2C)C(C)C1. The van der Waals surface area contributed by atoms with Crippen molar-refractivity contribution in [3.05, 3.63) is 11.6 Å². The van der Waals surface area contributed by atoms with Crippen molar-refractivity contribution in [2.75, 3.05) is 0 Å². The predicted octanol–water partition coefficient (Wildman–Crippen LogP) is 4.02. The Bertz CT molecular complexity index is 376. The van der Waals surface area contributed by atoms with Gasteiger partial charge in [-0.2, -0.15) is 0 Å². The summed E-state index contributed by atoms with van der Waals surface area (Å²) in [5.74, 6) is 2.55. The van der Waals surface area contributed by atoms with E-state index >= 15 is 0 Å². The molecule has 0 amide bonds. The molecule has 2 heteroatoms. The molecule has 1 saturated carbocycles. The molecule has 1 fully saturated rings. The van der Waals surface area contributed by atoms with Crippen LogP contribution in [0.25, 0.3) is 0 Å². The second-order valence-electron chi connectivity index (χ2n) is 8.17. The van der Waals surface area contributed by atoms with Crippen LogP contribution in [0.2, 0.25) is 0 Å². The van der Waals surface area contributed by atoms with Gasteiger partial charge in [-0.15, -0.1) is 0 Å². The molecular formula is C19H34O2. The van der Waals surface area contributed by atoms with E-state index in [4.69, 9.17) is 0 Å². The van der Waals surface area contributed by atoms with Gasteiger partial charge in [0.25, 0.3) is 0 Å². The monoisotopic (exact) mass is 294 g/mol. The van der Waals surface area contributed by atoms with Gasteiger partial charge in [0.2, 0.25) is 0 Å². The summed E-state index contributed by atoms with van der Waals surface area (Å²) >= 11 is 0. The zero-order valence-corrected chi connectivity index (χ0v) is 14.4. The van der Waals surface area contributed by atoms with Crippen LogP contribution in [-0.4, -0.2) is 22.4 Å². The summed E-state index contributed by atoms with van der Waals surface area (Å²) in [7, 11) is 0. The van der Waals surface area contributed by atoms with Gasteiger partial charge in [0.05, 0.1) is 12.2 Å². The van der Waals surface area contributed by atoms with E-state index in [-0.39, 0.29) is 11.8 Å². The first-order valence-corrected chi connectivity index (χ1v) is 8.84. The first-order valence-electron chi connectivity index (χ1n) is 8.84. The van der Waals surface area contributed by atoms with Crippen LogP contribution in [0.5, 0.6) is 0 Å². The maximum Gasteiger partial charge on any atom is 0.0838 e. The normalized spacial score (nSPS) is 44.0. The Morgan fingerprint density at radius 3 is 2.24 bits per heavy atom. The fraction of sp³-hybridized carbons (Fsp3) is 0.895. The van der Waals surface area contributed by atoms with Crippen molar-refractivity contribution < 1.29 is 10.2 Å². The summed E-state index contributed by atoms with van der Waals surface area (Å²) in [5.41, 5.74) is 1.42. The lowest BCUT2D eigenvalue weighted by molar-refractivity contribution is -0.0896. The Labute approximate surface area is 130 Å². The molecule has 2 rings (SSSR count). The molecule has 2 aliphatic rings. The standard InChI is InChI=1S/C19H34O2/c1-11-6-7-16(13(3)8-11)18(20)19(21)17-14(4)9-12(2)10-15(17)5/h9,11,13-21H,6-8,10H2,1-5H3. The molecule has 0 aromatic carbocycles. The zero-order valence-electron chi connectivity index (χ0n) is 14.4. The Kier molecular flexibility index (Phi) is 5.54. The van der Waals surface area contributed by atoms with Gasteiger partial charge in [-0.05, 0) is 61.7 Å². The number of hydrogen-bond donors (Lipinski definition) is 2. The van der Waals surface area contributed by atoms with Crippen molar-refractivity contribution in [2.24, 2.45) is 35.5 Å². The molecule has 0 bridgehead atoms. The lowest BCUT2D eigenvalue weighted by Gasteiger charge is -2.43. The van der Waals surface area contributed by atoms with Gasteiger partial charge < -0.3 is 10.2 Å². The number of allylic oxidation sites excluding steroid dienone is 2. The summed E-state index contributed by atoms with van der Waals surface area (Å²) in [6.07, 6.45) is 5.62. The van der Waals surface area contributed by atoms with Crippen LogP contribution in [0.1, 0.15) is 60.3 Å². The van der Waals surface area contributed by atoms with E-state index < -0.39 is 12.2 Å². The van der Waals surface area contributed by atoms with E-state index in [0.29, 0.717) is 17.8 Å². The van der Waals surface area contributed by atoms with Crippen molar-refractivity contribution >= 4 is 0 Å². The Morgan fingerprint density at radius 1 is 1.00 bits per heavy atom. The molecule has 0 saturated heterocycles. The quantitative estimate of drug-likeness (QED) is 0.772. The molecule has 8 atom stereocenters. The van der Waals surface area contributed by atoms with E-state index in [1.165, 1.54) is 18.4 Å². The van der Waals surface area contributed by atoms with Crippen molar-refractivity contribution in [3.63, 3.8) is 0 Å². The summed E-state index contributed by atoms with van der Waals surface area (Å²) in [5, 5.41) is 21.6. The second kappa shape index (κ2) is 6.83. The highest BCUT2D eigenvalue weighted by atomic mass is 16.3. The maximum atomic E-state index is 10.8. The molecule has 2 aliphatic carbocycles. The van der Waals surface area contributed by atoms with Gasteiger partial charge in [-0.25, -0.2) is 0 Å². The summed E-state index contributed by atoms with van der Waals surface area (Å²) < 4.78 is 0. The van der Waals surface area contributed by atoms with Crippen LogP contribution in [0, 0.1) is 35.5 Å². The van der Waals surface area contributed by atoms with Crippen LogP contribution in [0.15, 0.2) is 11.6 Å². The first kappa shape index (κ1) is 17.0. The minimum Gasteiger partial charge on any atom is -0.390 e. The topological polar surface area (TPSA) is 40.5 Å².